The summed E-state index contributed by atoms with van der Waals surface area (Å²) < 4.78 is 16.3. The van der Waals surface area contributed by atoms with Crippen LogP contribution in [0.2, 0.25) is 0 Å². The van der Waals surface area contributed by atoms with E-state index >= 15 is 0 Å². The molecule has 0 aliphatic carbocycles. The second-order valence-electron chi connectivity index (χ2n) is 8.04. The molecule has 1 unspecified atom stereocenters. The van der Waals surface area contributed by atoms with Crippen LogP contribution in [0.15, 0.2) is 49.1 Å². The van der Waals surface area contributed by atoms with Gasteiger partial charge in [0, 0.05) is 35.6 Å². The summed E-state index contributed by atoms with van der Waals surface area (Å²) in [4.78, 5) is 25.7. The Labute approximate surface area is 190 Å². The molecule has 0 saturated heterocycles. The van der Waals surface area contributed by atoms with E-state index in [2.05, 4.69) is 35.8 Å². The first kappa shape index (κ1) is 22.1. The van der Waals surface area contributed by atoms with Gasteiger partial charge < -0.3 is 5.32 Å². The molecule has 168 valence electrons. The Kier molecular flexibility index (Phi) is 6.16. The van der Waals surface area contributed by atoms with E-state index < -0.39 is 5.82 Å². The third-order valence-electron chi connectivity index (χ3n) is 5.06. The first-order valence-corrected chi connectivity index (χ1v) is 10.5. The van der Waals surface area contributed by atoms with Crippen molar-refractivity contribution in [2.75, 3.05) is 0 Å². The molecule has 1 N–H and O–H groups in total. The molecule has 3 heterocycles. The molecular formula is C23H23FN8O. The van der Waals surface area contributed by atoms with Crippen LogP contribution in [0.1, 0.15) is 60.2 Å². The van der Waals surface area contributed by atoms with Crippen molar-refractivity contribution < 1.29 is 9.18 Å². The van der Waals surface area contributed by atoms with Crippen molar-refractivity contribution in [1.82, 2.24) is 40.5 Å². The molecule has 10 heteroatoms. The van der Waals surface area contributed by atoms with E-state index in [0.29, 0.717) is 33.9 Å². The van der Waals surface area contributed by atoms with Gasteiger partial charge in [-0.2, -0.15) is 4.68 Å². The Morgan fingerprint density at radius 1 is 1.06 bits per heavy atom. The summed E-state index contributed by atoms with van der Waals surface area (Å²) in [6, 6.07) is 6.00. The number of benzene rings is 1. The number of hydrogen-bond acceptors (Lipinski definition) is 7. The number of carbonyl (C=O) groups is 1. The van der Waals surface area contributed by atoms with E-state index in [1.54, 1.807) is 54.6 Å². The minimum absolute atomic E-state index is 0.0341. The lowest BCUT2D eigenvalue weighted by Gasteiger charge is -2.15. The standard InChI is InChI=1S/C23H23FN8O/c1-13(2)22-29-30-31-32(22)18-9-16(21-19(24)7-14(3)11-27-21)8-17(10-18)23(33)28-15(4)20-12-25-5-6-26-20/h5-13,15H,1-4H3,(H,28,33). The second-order valence-corrected chi connectivity index (χ2v) is 8.04. The van der Waals surface area contributed by atoms with Gasteiger partial charge in [0.1, 0.15) is 11.5 Å². The second kappa shape index (κ2) is 9.19. The Morgan fingerprint density at radius 3 is 2.58 bits per heavy atom. The van der Waals surface area contributed by atoms with Crippen molar-refractivity contribution >= 4 is 5.91 Å². The number of aromatic nitrogens is 7. The van der Waals surface area contributed by atoms with Gasteiger partial charge in [-0.15, -0.1) is 5.10 Å². The average molecular weight is 446 g/mol. The molecule has 4 aromatic rings. The number of tetrazole rings is 1. The number of pyridine rings is 1. The van der Waals surface area contributed by atoms with Crippen molar-refractivity contribution in [2.24, 2.45) is 0 Å². The highest BCUT2D eigenvalue weighted by Crippen LogP contribution is 2.27. The quantitative estimate of drug-likeness (QED) is 0.482. The lowest BCUT2D eigenvalue weighted by Crippen LogP contribution is -2.27. The fourth-order valence-corrected chi connectivity index (χ4v) is 3.37. The summed E-state index contributed by atoms with van der Waals surface area (Å²) in [5.74, 6) is -0.189. The number of aryl methyl sites for hydroxylation is 1. The first-order valence-electron chi connectivity index (χ1n) is 10.5. The topological polar surface area (TPSA) is 111 Å². The highest BCUT2D eigenvalue weighted by Gasteiger charge is 2.19. The fraction of sp³-hybridized carbons (Fsp3) is 0.261. The number of amides is 1. The van der Waals surface area contributed by atoms with Gasteiger partial charge in [-0.3, -0.25) is 19.7 Å². The maximum atomic E-state index is 14.8. The Hall–Kier alpha value is -4.08. The molecule has 0 aliphatic rings. The molecule has 0 bridgehead atoms. The molecule has 9 nitrogen and oxygen atoms in total. The number of hydrogen-bond donors (Lipinski definition) is 1. The molecule has 0 saturated carbocycles. The molecule has 1 aromatic carbocycles. The molecule has 0 radical (unpaired) electrons. The van der Waals surface area contributed by atoms with Crippen LogP contribution < -0.4 is 5.32 Å². The summed E-state index contributed by atoms with van der Waals surface area (Å²) in [5.41, 5.74) is 2.73. The molecule has 0 aliphatic heterocycles. The number of rotatable bonds is 6. The monoisotopic (exact) mass is 446 g/mol. The van der Waals surface area contributed by atoms with E-state index in [1.165, 1.54) is 6.07 Å². The zero-order valence-corrected chi connectivity index (χ0v) is 18.7. The van der Waals surface area contributed by atoms with Crippen LogP contribution in [-0.2, 0) is 0 Å². The summed E-state index contributed by atoms with van der Waals surface area (Å²) in [7, 11) is 0. The van der Waals surface area contributed by atoms with Crippen molar-refractivity contribution in [3.63, 3.8) is 0 Å². The lowest BCUT2D eigenvalue weighted by atomic mass is 10.0. The molecular weight excluding hydrogens is 423 g/mol. The SMILES string of the molecule is Cc1cnc(-c2cc(C(=O)NC(C)c3cnccn3)cc(-n3nnnc3C(C)C)c2)c(F)c1. The van der Waals surface area contributed by atoms with E-state index in [-0.39, 0.29) is 23.6 Å². The van der Waals surface area contributed by atoms with Crippen LogP contribution in [0.3, 0.4) is 0 Å². The Bertz CT molecular complexity index is 1290. The predicted molar refractivity (Wildman–Crippen MR) is 119 cm³/mol. The molecule has 0 spiro atoms. The zero-order valence-electron chi connectivity index (χ0n) is 18.7. The van der Waals surface area contributed by atoms with Gasteiger partial charge in [0.2, 0.25) is 0 Å². The van der Waals surface area contributed by atoms with Crippen molar-refractivity contribution in [3.8, 4) is 16.9 Å². The molecule has 0 fully saturated rings. The molecule has 3 aromatic heterocycles. The summed E-state index contributed by atoms with van der Waals surface area (Å²) in [5, 5.41) is 14.8. The van der Waals surface area contributed by atoms with Crippen molar-refractivity contribution in [3.05, 3.63) is 77.5 Å². The third-order valence-corrected chi connectivity index (χ3v) is 5.06. The Morgan fingerprint density at radius 2 is 1.88 bits per heavy atom. The predicted octanol–water partition coefficient (Wildman–Crippen LogP) is 3.58. The third kappa shape index (κ3) is 4.74. The number of nitrogens with zero attached hydrogens (tertiary/aromatic N) is 7. The van der Waals surface area contributed by atoms with E-state index in [1.807, 2.05) is 20.8 Å². The van der Waals surface area contributed by atoms with Crippen LogP contribution in [0.5, 0.6) is 0 Å². The van der Waals surface area contributed by atoms with Crippen molar-refractivity contribution in [2.45, 2.75) is 39.7 Å². The van der Waals surface area contributed by atoms with Crippen LogP contribution in [0, 0.1) is 12.7 Å². The highest BCUT2D eigenvalue weighted by atomic mass is 19.1. The van der Waals surface area contributed by atoms with Crippen LogP contribution in [0.4, 0.5) is 4.39 Å². The van der Waals surface area contributed by atoms with Gasteiger partial charge in [-0.25, -0.2) is 4.39 Å². The number of nitrogens with one attached hydrogen (secondary N) is 1. The van der Waals surface area contributed by atoms with Gasteiger partial charge in [0.15, 0.2) is 5.82 Å². The minimum atomic E-state index is -0.479. The van der Waals surface area contributed by atoms with Crippen LogP contribution >= 0.6 is 0 Å². The van der Waals surface area contributed by atoms with E-state index in [9.17, 15) is 9.18 Å². The zero-order chi connectivity index (χ0) is 23.5. The Balaban J connectivity index is 1.79. The van der Waals surface area contributed by atoms with Gasteiger partial charge >= 0.3 is 0 Å². The highest BCUT2D eigenvalue weighted by molar-refractivity contribution is 5.96. The first-order chi connectivity index (χ1) is 15.8. The molecule has 1 atom stereocenters. The van der Waals surface area contributed by atoms with Crippen LogP contribution in [-0.4, -0.2) is 41.1 Å². The summed E-state index contributed by atoms with van der Waals surface area (Å²) in [6.45, 7) is 7.50. The molecule has 1 amide bonds. The lowest BCUT2D eigenvalue weighted by molar-refractivity contribution is 0.0939. The van der Waals surface area contributed by atoms with E-state index in [0.717, 1.165) is 0 Å². The van der Waals surface area contributed by atoms with Gasteiger partial charge in [-0.05, 0) is 54.1 Å². The summed E-state index contributed by atoms with van der Waals surface area (Å²) in [6.07, 6.45) is 6.30. The summed E-state index contributed by atoms with van der Waals surface area (Å²) >= 11 is 0. The van der Waals surface area contributed by atoms with Crippen LogP contribution in [0.25, 0.3) is 16.9 Å². The number of carbonyl (C=O) groups excluding carboxylic acids is 1. The maximum absolute atomic E-state index is 14.8. The largest absolute Gasteiger partial charge is 0.344 e. The molecule has 4 rings (SSSR count). The van der Waals surface area contributed by atoms with Gasteiger partial charge in [-0.1, -0.05) is 13.8 Å². The normalized spacial score (nSPS) is 12.1. The average Bonchev–Trinajstić information content (AvgIpc) is 3.30. The minimum Gasteiger partial charge on any atom is -0.344 e. The van der Waals surface area contributed by atoms with Gasteiger partial charge in [0.25, 0.3) is 5.91 Å². The molecule has 33 heavy (non-hydrogen) atoms. The van der Waals surface area contributed by atoms with Gasteiger partial charge in [0.05, 0.1) is 23.6 Å². The smallest absolute Gasteiger partial charge is 0.251 e. The van der Waals surface area contributed by atoms with Crippen molar-refractivity contribution in [1.29, 1.82) is 0 Å². The maximum Gasteiger partial charge on any atom is 0.251 e. The number of halogens is 1. The fourth-order valence-electron chi connectivity index (χ4n) is 3.37. The van der Waals surface area contributed by atoms with E-state index in [4.69, 9.17) is 0 Å².